The van der Waals surface area contributed by atoms with Crippen molar-refractivity contribution >= 4 is 28.9 Å². The van der Waals surface area contributed by atoms with Gasteiger partial charge in [0.25, 0.3) is 5.91 Å². The molecule has 1 aromatic heterocycles. The van der Waals surface area contributed by atoms with Crippen LogP contribution >= 0.6 is 0 Å². The Labute approximate surface area is 156 Å². The Kier molecular flexibility index (Phi) is 4.69. The van der Waals surface area contributed by atoms with Crippen LogP contribution in [0.2, 0.25) is 0 Å². The number of carboxylic acid groups (broad SMARTS) is 1. The zero-order chi connectivity index (χ0) is 19.9. The number of carbonyl (C=O) groups excluding carboxylic acids is 2. The molecular formula is C19H23N3O5. The lowest BCUT2D eigenvalue weighted by molar-refractivity contribution is -0.141. The molecule has 0 saturated carbocycles. The van der Waals surface area contributed by atoms with Crippen molar-refractivity contribution in [3.8, 4) is 0 Å². The number of aliphatic carboxylic acids is 1. The van der Waals surface area contributed by atoms with Crippen molar-refractivity contribution in [3.05, 3.63) is 36.0 Å². The maximum atomic E-state index is 12.9. The topological polar surface area (TPSA) is 115 Å². The Morgan fingerprint density at radius 3 is 2.56 bits per heavy atom. The molecular weight excluding hydrogens is 350 g/mol. The number of ether oxygens (including phenoxy) is 1. The first-order valence-corrected chi connectivity index (χ1v) is 8.70. The average molecular weight is 373 g/mol. The first kappa shape index (κ1) is 18.9. The number of amides is 1. The molecule has 1 aliphatic rings. The van der Waals surface area contributed by atoms with Gasteiger partial charge in [0.15, 0.2) is 0 Å². The molecule has 2 aromatic rings. The van der Waals surface area contributed by atoms with Crippen molar-refractivity contribution in [1.29, 1.82) is 0 Å². The van der Waals surface area contributed by atoms with Crippen LogP contribution in [0.25, 0.3) is 10.9 Å². The number of hydrogen-bond donors (Lipinski definition) is 2. The van der Waals surface area contributed by atoms with Crippen LogP contribution in [0, 0.1) is 0 Å². The summed E-state index contributed by atoms with van der Waals surface area (Å²) in [5.41, 5.74) is 6.01. The molecule has 1 saturated heterocycles. The number of likely N-dealkylation sites (tertiary alicyclic amines) is 1. The first-order valence-electron chi connectivity index (χ1n) is 8.70. The van der Waals surface area contributed by atoms with Crippen LogP contribution in [0.3, 0.4) is 0 Å². The third kappa shape index (κ3) is 3.80. The molecule has 3 N–H and O–H groups in total. The van der Waals surface area contributed by atoms with Gasteiger partial charge in [-0.2, -0.15) is 0 Å². The van der Waals surface area contributed by atoms with Crippen LogP contribution in [0.15, 0.2) is 30.5 Å². The van der Waals surface area contributed by atoms with Crippen LogP contribution in [-0.2, 0) is 9.53 Å². The standard InChI is InChI=1S/C19H23N3O5/c1-19(2,3)27-18(26)21-7-6-11-4-5-12(8-14(11)21)16(23)22-10-13(20)9-15(22)17(24)25/h4-8,13,15H,9-10,20H2,1-3H3,(H,24,25)/t13-,15-/m0/s1. The molecule has 2 atom stereocenters. The molecule has 27 heavy (non-hydrogen) atoms. The smallest absolute Gasteiger partial charge is 0.418 e. The fourth-order valence-corrected chi connectivity index (χ4v) is 3.22. The largest absolute Gasteiger partial charge is 0.480 e. The highest BCUT2D eigenvalue weighted by Crippen LogP contribution is 2.24. The third-order valence-electron chi connectivity index (χ3n) is 4.41. The zero-order valence-electron chi connectivity index (χ0n) is 15.5. The number of nitrogens with two attached hydrogens (primary N) is 1. The van der Waals surface area contributed by atoms with Crippen molar-refractivity contribution in [2.24, 2.45) is 5.73 Å². The van der Waals surface area contributed by atoms with Gasteiger partial charge >= 0.3 is 12.1 Å². The van der Waals surface area contributed by atoms with Crippen LogP contribution in [0.1, 0.15) is 37.6 Å². The van der Waals surface area contributed by atoms with E-state index in [1.807, 2.05) is 0 Å². The predicted octanol–water partition coefficient (Wildman–Crippen LogP) is 2.05. The lowest BCUT2D eigenvalue weighted by Gasteiger charge is -2.22. The number of rotatable bonds is 2. The van der Waals surface area contributed by atoms with E-state index in [0.717, 1.165) is 5.39 Å². The Morgan fingerprint density at radius 1 is 1.22 bits per heavy atom. The van der Waals surface area contributed by atoms with Crippen molar-refractivity contribution in [2.75, 3.05) is 6.54 Å². The number of benzene rings is 1. The molecule has 0 unspecified atom stereocenters. The zero-order valence-corrected chi connectivity index (χ0v) is 15.5. The van der Waals surface area contributed by atoms with Gasteiger partial charge in [-0.25, -0.2) is 9.59 Å². The van der Waals surface area contributed by atoms with Gasteiger partial charge in [-0.1, -0.05) is 6.07 Å². The number of carbonyl (C=O) groups is 3. The molecule has 0 radical (unpaired) electrons. The summed E-state index contributed by atoms with van der Waals surface area (Å²) in [4.78, 5) is 38.0. The minimum Gasteiger partial charge on any atom is -0.480 e. The highest BCUT2D eigenvalue weighted by Gasteiger charge is 2.38. The molecule has 1 amide bonds. The van der Waals surface area contributed by atoms with E-state index in [2.05, 4.69) is 0 Å². The summed E-state index contributed by atoms with van der Waals surface area (Å²) < 4.78 is 6.72. The van der Waals surface area contributed by atoms with E-state index < -0.39 is 29.6 Å². The molecule has 8 heteroatoms. The van der Waals surface area contributed by atoms with Crippen molar-refractivity contribution in [2.45, 2.75) is 44.9 Å². The first-order chi connectivity index (χ1) is 12.6. The minimum atomic E-state index is -1.07. The number of nitrogens with zero attached hydrogens (tertiary/aromatic N) is 2. The lowest BCUT2D eigenvalue weighted by atomic mass is 10.1. The van der Waals surface area contributed by atoms with Gasteiger partial charge in [0.1, 0.15) is 11.6 Å². The number of hydrogen-bond acceptors (Lipinski definition) is 5. The van der Waals surface area contributed by atoms with E-state index in [4.69, 9.17) is 10.5 Å². The van der Waals surface area contributed by atoms with E-state index in [-0.39, 0.29) is 19.0 Å². The second kappa shape index (κ2) is 6.70. The molecule has 1 fully saturated rings. The summed E-state index contributed by atoms with van der Waals surface area (Å²) in [6.07, 6.45) is 1.25. The lowest BCUT2D eigenvalue weighted by Crippen LogP contribution is -2.40. The van der Waals surface area contributed by atoms with Crippen molar-refractivity contribution < 1.29 is 24.2 Å². The molecule has 3 rings (SSSR count). The third-order valence-corrected chi connectivity index (χ3v) is 4.41. The molecule has 2 heterocycles. The molecule has 1 aromatic carbocycles. The maximum absolute atomic E-state index is 12.9. The van der Waals surface area contributed by atoms with Crippen LogP contribution in [-0.4, -0.2) is 56.8 Å². The normalized spacial score (nSPS) is 20.1. The van der Waals surface area contributed by atoms with Crippen LogP contribution in [0.5, 0.6) is 0 Å². The number of carboxylic acids is 1. The minimum absolute atomic E-state index is 0.181. The van der Waals surface area contributed by atoms with E-state index in [9.17, 15) is 19.5 Å². The Bertz CT molecular complexity index is 912. The van der Waals surface area contributed by atoms with E-state index in [1.54, 1.807) is 51.2 Å². The fourth-order valence-electron chi connectivity index (χ4n) is 3.22. The highest BCUT2D eigenvalue weighted by atomic mass is 16.6. The van der Waals surface area contributed by atoms with Gasteiger partial charge in [0, 0.05) is 29.7 Å². The molecule has 144 valence electrons. The fraction of sp³-hybridized carbons (Fsp3) is 0.421. The molecule has 8 nitrogen and oxygen atoms in total. The monoisotopic (exact) mass is 373 g/mol. The SMILES string of the molecule is CC(C)(C)OC(=O)n1ccc2ccc(C(=O)N3C[C@@H](N)C[C@H]3C(=O)O)cc21. The Morgan fingerprint density at radius 2 is 1.93 bits per heavy atom. The predicted molar refractivity (Wildman–Crippen MR) is 98.6 cm³/mol. The maximum Gasteiger partial charge on any atom is 0.418 e. The summed E-state index contributed by atoms with van der Waals surface area (Å²) in [5.74, 6) is -1.50. The van der Waals surface area contributed by atoms with E-state index in [1.165, 1.54) is 9.47 Å². The average Bonchev–Trinajstić information content (AvgIpc) is 3.15. The highest BCUT2D eigenvalue weighted by molar-refractivity contribution is 6.01. The quantitative estimate of drug-likeness (QED) is 0.832. The van der Waals surface area contributed by atoms with Gasteiger partial charge in [0.05, 0.1) is 5.52 Å². The van der Waals surface area contributed by atoms with Gasteiger partial charge in [-0.15, -0.1) is 0 Å². The summed E-state index contributed by atoms with van der Waals surface area (Å²) in [7, 11) is 0. The van der Waals surface area contributed by atoms with Crippen molar-refractivity contribution in [1.82, 2.24) is 9.47 Å². The van der Waals surface area contributed by atoms with Crippen LogP contribution in [0.4, 0.5) is 4.79 Å². The van der Waals surface area contributed by atoms with E-state index >= 15 is 0 Å². The van der Waals surface area contributed by atoms with Gasteiger partial charge in [0.2, 0.25) is 0 Å². The molecule has 0 spiro atoms. The number of fused-ring (bicyclic) bond motifs is 1. The summed E-state index contributed by atoms with van der Waals surface area (Å²) >= 11 is 0. The molecule has 0 aliphatic carbocycles. The second-order valence-electron chi connectivity index (χ2n) is 7.75. The molecule has 0 bridgehead atoms. The second-order valence-corrected chi connectivity index (χ2v) is 7.75. The van der Waals surface area contributed by atoms with Gasteiger partial charge in [-0.05, 0) is 45.4 Å². The van der Waals surface area contributed by atoms with E-state index in [0.29, 0.717) is 11.1 Å². The van der Waals surface area contributed by atoms with Gasteiger partial charge < -0.3 is 20.5 Å². The summed E-state index contributed by atoms with van der Waals surface area (Å²) in [5, 5.41) is 10.1. The van der Waals surface area contributed by atoms with Gasteiger partial charge in [-0.3, -0.25) is 9.36 Å². The summed E-state index contributed by atoms with van der Waals surface area (Å²) in [6.45, 7) is 5.50. The molecule has 1 aliphatic heterocycles. The number of aromatic nitrogens is 1. The van der Waals surface area contributed by atoms with Crippen molar-refractivity contribution in [3.63, 3.8) is 0 Å². The summed E-state index contributed by atoms with van der Waals surface area (Å²) in [6, 6.07) is 5.34. The Hall–Kier alpha value is -2.87. The Balaban J connectivity index is 1.94. The van der Waals surface area contributed by atoms with Crippen LogP contribution < -0.4 is 5.73 Å².